The minimum absolute atomic E-state index is 0.0827. The molecule has 1 aromatic rings. The van der Waals surface area contributed by atoms with Crippen molar-refractivity contribution >= 4 is 19.3 Å². The maximum Gasteiger partial charge on any atom is 0.329 e. The van der Waals surface area contributed by atoms with E-state index in [2.05, 4.69) is 0 Å². The van der Waals surface area contributed by atoms with E-state index in [4.69, 9.17) is 20.6 Å². The van der Waals surface area contributed by atoms with E-state index in [0.717, 1.165) is 0 Å². The highest BCUT2D eigenvalue weighted by molar-refractivity contribution is 7.50. The zero-order valence-electron chi connectivity index (χ0n) is 9.18. The second-order valence-electron chi connectivity index (χ2n) is 3.70. The van der Waals surface area contributed by atoms with Crippen LogP contribution in [0.5, 0.6) is 0 Å². The summed E-state index contributed by atoms with van der Waals surface area (Å²) in [4.78, 5) is 39.6. The van der Waals surface area contributed by atoms with Crippen molar-refractivity contribution in [3.8, 4) is 0 Å². The molecule has 1 unspecified atom stereocenters. The molecule has 0 bridgehead atoms. The number of nitrogens with two attached hydrogens (primary N) is 1. The van der Waals surface area contributed by atoms with Gasteiger partial charge in [0.05, 0.1) is 6.16 Å². The third-order valence-electron chi connectivity index (χ3n) is 2.18. The Morgan fingerprint density at radius 1 is 1.22 bits per heavy atom. The number of rotatable bonds is 5. The van der Waals surface area contributed by atoms with Crippen molar-refractivity contribution in [2.75, 3.05) is 0 Å². The van der Waals surface area contributed by atoms with E-state index >= 15 is 0 Å². The van der Waals surface area contributed by atoms with Gasteiger partial charge in [-0.3, -0.25) is 14.2 Å². The topological polar surface area (TPSA) is 138 Å². The molecule has 8 heteroatoms. The number of carbonyl (C=O) groups is 2. The van der Waals surface area contributed by atoms with Crippen LogP contribution in [-0.4, -0.2) is 32.7 Å². The highest BCUT2D eigenvalue weighted by Crippen LogP contribution is 2.38. The molecule has 0 radical (unpaired) electrons. The fraction of sp³-hybridized carbons (Fsp3) is 0.200. The lowest BCUT2D eigenvalue weighted by molar-refractivity contribution is -0.137. The normalized spacial score (nSPS) is 13.1. The van der Waals surface area contributed by atoms with E-state index in [1.165, 1.54) is 24.3 Å². The van der Waals surface area contributed by atoms with Crippen molar-refractivity contribution in [1.82, 2.24) is 0 Å². The lowest BCUT2D eigenvalue weighted by Gasteiger charge is -2.07. The molecule has 0 aliphatic heterocycles. The number of hydrogen-bond acceptors (Lipinski definition) is 4. The zero-order valence-corrected chi connectivity index (χ0v) is 10.1. The van der Waals surface area contributed by atoms with Crippen LogP contribution in [0.1, 0.15) is 15.9 Å². The lowest BCUT2D eigenvalue weighted by atomic mass is 10.0. The van der Waals surface area contributed by atoms with Crippen LogP contribution in [0.25, 0.3) is 0 Å². The molecule has 0 heterocycles. The SMILES string of the molecule is NC(C(=O)O)C(=O)c1ccc(CP(=O)(O)O)cc1. The standard InChI is InChI=1S/C10H12NO6P/c11-8(10(13)14)9(12)7-3-1-6(2-4-7)5-18(15,16)17/h1-4,8H,5,11H2,(H,13,14)(H2,15,16,17). The maximum atomic E-state index is 11.5. The van der Waals surface area contributed by atoms with Gasteiger partial charge < -0.3 is 20.6 Å². The molecule has 0 aliphatic rings. The zero-order chi connectivity index (χ0) is 13.9. The molecular weight excluding hydrogens is 261 g/mol. The largest absolute Gasteiger partial charge is 0.480 e. The predicted octanol–water partition coefficient (Wildman–Crippen LogP) is -0.0411. The van der Waals surface area contributed by atoms with Crippen LogP contribution in [0, 0.1) is 0 Å². The van der Waals surface area contributed by atoms with E-state index in [-0.39, 0.29) is 5.56 Å². The van der Waals surface area contributed by atoms with Gasteiger partial charge in [0.1, 0.15) is 0 Å². The number of carboxylic acids is 1. The number of ketones is 1. The summed E-state index contributed by atoms with van der Waals surface area (Å²) in [5, 5.41) is 8.57. The average Bonchev–Trinajstić information content (AvgIpc) is 2.26. The van der Waals surface area contributed by atoms with Crippen molar-refractivity contribution < 1.29 is 29.0 Å². The highest BCUT2D eigenvalue weighted by Gasteiger charge is 2.22. The summed E-state index contributed by atoms with van der Waals surface area (Å²) in [7, 11) is -4.16. The molecule has 0 spiro atoms. The minimum atomic E-state index is -4.16. The quantitative estimate of drug-likeness (QED) is 0.335. The maximum absolute atomic E-state index is 11.5. The minimum Gasteiger partial charge on any atom is -0.480 e. The molecule has 0 aliphatic carbocycles. The fourth-order valence-electron chi connectivity index (χ4n) is 1.30. The van der Waals surface area contributed by atoms with Crippen molar-refractivity contribution in [1.29, 1.82) is 0 Å². The molecule has 1 atom stereocenters. The van der Waals surface area contributed by atoms with Crippen LogP contribution in [0.15, 0.2) is 24.3 Å². The van der Waals surface area contributed by atoms with Crippen LogP contribution in [0.2, 0.25) is 0 Å². The Morgan fingerprint density at radius 2 is 1.72 bits per heavy atom. The Kier molecular flexibility index (Phi) is 4.37. The molecule has 0 saturated carbocycles. The van der Waals surface area contributed by atoms with Crippen molar-refractivity contribution in [3.05, 3.63) is 35.4 Å². The van der Waals surface area contributed by atoms with Crippen molar-refractivity contribution in [2.24, 2.45) is 5.73 Å². The van der Waals surface area contributed by atoms with Gasteiger partial charge in [-0.25, -0.2) is 0 Å². The molecule has 98 valence electrons. The number of carbonyl (C=O) groups excluding carboxylic acids is 1. The average molecular weight is 273 g/mol. The smallest absolute Gasteiger partial charge is 0.329 e. The molecule has 0 fully saturated rings. The molecule has 1 rings (SSSR count). The monoisotopic (exact) mass is 273 g/mol. The Bertz CT molecular complexity index is 506. The summed E-state index contributed by atoms with van der Waals surface area (Å²) in [6, 6.07) is 3.63. The summed E-state index contributed by atoms with van der Waals surface area (Å²) >= 11 is 0. The van der Waals surface area contributed by atoms with Crippen LogP contribution in [0.3, 0.4) is 0 Å². The van der Waals surface area contributed by atoms with Gasteiger partial charge in [0, 0.05) is 5.56 Å². The first-order valence-corrected chi connectivity index (χ1v) is 6.66. The van der Waals surface area contributed by atoms with Gasteiger partial charge in [-0.1, -0.05) is 24.3 Å². The molecule has 7 nitrogen and oxygen atoms in total. The summed E-state index contributed by atoms with van der Waals surface area (Å²) in [5.74, 6) is -2.19. The molecule has 1 aromatic carbocycles. The summed E-state index contributed by atoms with van der Waals surface area (Å²) in [6.45, 7) is 0. The first-order chi connectivity index (χ1) is 8.20. The number of carboxylic acid groups (broad SMARTS) is 1. The number of aliphatic carboxylic acids is 1. The lowest BCUT2D eigenvalue weighted by Crippen LogP contribution is -2.38. The van der Waals surface area contributed by atoms with Gasteiger partial charge in [-0.2, -0.15) is 0 Å². The van der Waals surface area contributed by atoms with Crippen LogP contribution >= 0.6 is 7.60 Å². The Balaban J connectivity index is 2.86. The van der Waals surface area contributed by atoms with E-state index in [1.54, 1.807) is 0 Å². The van der Waals surface area contributed by atoms with Crippen LogP contribution < -0.4 is 5.73 Å². The summed E-state index contributed by atoms with van der Waals surface area (Å²) in [6.07, 6.45) is -0.438. The van der Waals surface area contributed by atoms with Crippen molar-refractivity contribution in [2.45, 2.75) is 12.2 Å². The van der Waals surface area contributed by atoms with E-state index in [9.17, 15) is 14.2 Å². The number of hydrogen-bond donors (Lipinski definition) is 4. The van der Waals surface area contributed by atoms with Gasteiger partial charge >= 0.3 is 13.6 Å². The summed E-state index contributed by atoms with van der Waals surface area (Å²) in [5.41, 5.74) is 5.59. The van der Waals surface area contributed by atoms with Gasteiger partial charge in [-0.15, -0.1) is 0 Å². The Labute approximate surface area is 102 Å². The van der Waals surface area contributed by atoms with Crippen LogP contribution in [-0.2, 0) is 15.5 Å². The molecular formula is C10H12NO6P. The van der Waals surface area contributed by atoms with E-state index < -0.39 is 31.6 Å². The molecule has 18 heavy (non-hydrogen) atoms. The molecule has 5 N–H and O–H groups in total. The van der Waals surface area contributed by atoms with Crippen molar-refractivity contribution in [3.63, 3.8) is 0 Å². The first-order valence-electron chi connectivity index (χ1n) is 4.87. The first kappa shape index (κ1) is 14.5. The third-order valence-corrected chi connectivity index (χ3v) is 2.95. The molecule has 0 amide bonds. The van der Waals surface area contributed by atoms with E-state index in [0.29, 0.717) is 5.56 Å². The van der Waals surface area contributed by atoms with Gasteiger partial charge in [-0.05, 0) is 5.56 Å². The van der Waals surface area contributed by atoms with Crippen LogP contribution in [0.4, 0.5) is 0 Å². The second kappa shape index (κ2) is 5.41. The number of Topliss-reactive ketones (excluding diaryl/α,β-unsaturated/α-hetero) is 1. The Morgan fingerprint density at radius 3 is 2.11 bits per heavy atom. The summed E-state index contributed by atoms with van der Waals surface area (Å²) < 4.78 is 10.7. The highest BCUT2D eigenvalue weighted by atomic mass is 31.2. The van der Waals surface area contributed by atoms with Gasteiger partial charge in [0.15, 0.2) is 11.8 Å². The second-order valence-corrected chi connectivity index (χ2v) is 5.35. The van der Waals surface area contributed by atoms with Gasteiger partial charge in [0.25, 0.3) is 0 Å². The molecule has 0 aromatic heterocycles. The fourth-order valence-corrected chi connectivity index (χ4v) is 1.99. The van der Waals surface area contributed by atoms with Gasteiger partial charge in [0.2, 0.25) is 0 Å². The Hall–Kier alpha value is -1.53. The van der Waals surface area contributed by atoms with E-state index in [1.807, 2.05) is 0 Å². The number of benzene rings is 1. The third kappa shape index (κ3) is 4.05. The predicted molar refractivity (Wildman–Crippen MR) is 62.1 cm³/mol. The molecule has 0 saturated heterocycles.